The minimum Gasteiger partial charge on any atom is -0.340 e. The van der Waals surface area contributed by atoms with Crippen LogP contribution in [0, 0.1) is 5.92 Å². The van der Waals surface area contributed by atoms with Gasteiger partial charge in [-0.05, 0) is 49.4 Å². The van der Waals surface area contributed by atoms with Gasteiger partial charge in [-0.15, -0.1) is 11.3 Å². The van der Waals surface area contributed by atoms with Crippen molar-refractivity contribution in [2.45, 2.75) is 25.8 Å². The number of likely N-dealkylation sites (tertiary alicyclic amines) is 1. The predicted octanol–water partition coefficient (Wildman–Crippen LogP) is 6.85. The van der Waals surface area contributed by atoms with Crippen molar-refractivity contribution in [1.82, 2.24) is 14.8 Å². The number of aromatic nitrogens is 1. The molecule has 1 amide bonds. The first-order chi connectivity index (χ1) is 17.7. The average Bonchev–Trinajstić information content (AvgIpc) is 3.39. The van der Waals surface area contributed by atoms with E-state index in [0.29, 0.717) is 10.9 Å². The van der Waals surface area contributed by atoms with E-state index in [-0.39, 0.29) is 5.91 Å². The van der Waals surface area contributed by atoms with Crippen LogP contribution in [0.1, 0.15) is 34.6 Å². The molecular weight excluding hydrogens is 462 g/mol. The minimum absolute atomic E-state index is 0.0147. The first-order valence-electron chi connectivity index (χ1n) is 12.8. The minimum atomic E-state index is 0.0147. The molecule has 1 aliphatic heterocycles. The van der Waals surface area contributed by atoms with Gasteiger partial charge >= 0.3 is 0 Å². The van der Waals surface area contributed by atoms with Gasteiger partial charge in [0.15, 0.2) is 5.01 Å². The summed E-state index contributed by atoms with van der Waals surface area (Å²) < 4.78 is 0. The Labute approximate surface area is 218 Å². The molecule has 4 aromatic rings. The summed E-state index contributed by atoms with van der Waals surface area (Å²) in [6.07, 6.45) is 3.44. The highest BCUT2D eigenvalue weighted by Gasteiger charge is 2.24. The van der Waals surface area contributed by atoms with Gasteiger partial charge in [0.2, 0.25) is 0 Å². The van der Waals surface area contributed by atoms with Gasteiger partial charge in [-0.25, -0.2) is 4.98 Å². The molecule has 5 rings (SSSR count). The van der Waals surface area contributed by atoms with Crippen LogP contribution < -0.4 is 0 Å². The lowest BCUT2D eigenvalue weighted by Crippen LogP contribution is -2.35. The molecule has 1 saturated heterocycles. The number of carbonyl (C=O) groups excluding carboxylic acids is 1. The zero-order chi connectivity index (χ0) is 24.7. The molecular formula is C31H33N3OS. The monoisotopic (exact) mass is 495 g/mol. The number of nitrogens with zero attached hydrogens (tertiary/aromatic N) is 3. The lowest BCUT2D eigenvalue weighted by Gasteiger charge is -2.32. The maximum Gasteiger partial charge on any atom is 0.282 e. The van der Waals surface area contributed by atoms with Crippen LogP contribution in [0.3, 0.4) is 0 Å². The predicted molar refractivity (Wildman–Crippen MR) is 149 cm³/mol. The molecule has 3 aromatic carbocycles. The van der Waals surface area contributed by atoms with Crippen LogP contribution in [-0.4, -0.2) is 47.4 Å². The van der Waals surface area contributed by atoms with Gasteiger partial charge in [0.05, 0.1) is 10.6 Å². The summed E-state index contributed by atoms with van der Waals surface area (Å²) in [5.74, 6) is 0.684. The SMILES string of the molecule is CN(CCC1CCN(Cc2ccccc2)CC1)C(=O)c1nc(-c2ccccc2)c(-c2ccccc2)s1. The van der Waals surface area contributed by atoms with Gasteiger partial charge in [-0.3, -0.25) is 9.69 Å². The Hall–Kier alpha value is -3.28. The van der Waals surface area contributed by atoms with Crippen LogP contribution in [0.15, 0.2) is 91.0 Å². The summed E-state index contributed by atoms with van der Waals surface area (Å²) >= 11 is 1.50. The molecule has 0 atom stereocenters. The zero-order valence-corrected chi connectivity index (χ0v) is 21.7. The van der Waals surface area contributed by atoms with E-state index in [9.17, 15) is 4.79 Å². The van der Waals surface area contributed by atoms with E-state index in [1.165, 1.54) is 29.7 Å². The molecule has 0 radical (unpaired) electrons. The van der Waals surface area contributed by atoms with Crippen molar-refractivity contribution in [3.8, 4) is 21.7 Å². The Balaban J connectivity index is 1.20. The normalized spacial score (nSPS) is 14.6. The number of thiazole rings is 1. The highest BCUT2D eigenvalue weighted by atomic mass is 32.1. The maximum atomic E-state index is 13.4. The smallest absolute Gasteiger partial charge is 0.282 e. The number of rotatable bonds is 8. The molecule has 0 saturated carbocycles. The molecule has 5 heteroatoms. The lowest BCUT2D eigenvalue weighted by atomic mass is 9.93. The number of benzene rings is 3. The fourth-order valence-electron chi connectivity index (χ4n) is 4.90. The van der Waals surface area contributed by atoms with E-state index in [1.54, 1.807) is 0 Å². The van der Waals surface area contributed by atoms with Gasteiger partial charge in [0.25, 0.3) is 5.91 Å². The van der Waals surface area contributed by atoms with Gasteiger partial charge < -0.3 is 4.90 Å². The number of hydrogen-bond acceptors (Lipinski definition) is 4. The first-order valence-corrected chi connectivity index (χ1v) is 13.6. The van der Waals surface area contributed by atoms with Gasteiger partial charge in [0, 0.05) is 25.7 Å². The van der Waals surface area contributed by atoms with E-state index >= 15 is 0 Å². The van der Waals surface area contributed by atoms with E-state index in [1.807, 2.05) is 48.3 Å². The van der Waals surface area contributed by atoms with Crippen molar-refractivity contribution in [2.75, 3.05) is 26.7 Å². The molecule has 36 heavy (non-hydrogen) atoms. The highest BCUT2D eigenvalue weighted by molar-refractivity contribution is 7.17. The van der Waals surface area contributed by atoms with E-state index in [2.05, 4.69) is 59.5 Å². The summed E-state index contributed by atoms with van der Waals surface area (Å²) in [5.41, 5.74) is 4.40. The average molecular weight is 496 g/mol. The fourth-order valence-corrected chi connectivity index (χ4v) is 5.99. The molecule has 184 valence electrons. The molecule has 1 aliphatic rings. The number of piperidine rings is 1. The lowest BCUT2D eigenvalue weighted by molar-refractivity contribution is 0.0776. The molecule has 0 unspecified atom stereocenters. The zero-order valence-electron chi connectivity index (χ0n) is 20.8. The molecule has 0 spiro atoms. The topological polar surface area (TPSA) is 36.4 Å². The Morgan fingerprint density at radius 1 is 0.889 bits per heavy atom. The summed E-state index contributed by atoms with van der Waals surface area (Å²) in [6.45, 7) is 4.06. The van der Waals surface area contributed by atoms with Crippen LogP contribution in [-0.2, 0) is 6.54 Å². The molecule has 0 aliphatic carbocycles. The van der Waals surface area contributed by atoms with Crippen LogP contribution in [0.25, 0.3) is 21.7 Å². The molecule has 0 N–H and O–H groups in total. The number of amides is 1. The molecule has 1 aromatic heterocycles. The van der Waals surface area contributed by atoms with Crippen LogP contribution in [0.2, 0.25) is 0 Å². The second kappa shape index (κ2) is 11.6. The van der Waals surface area contributed by atoms with E-state index in [4.69, 9.17) is 4.98 Å². The van der Waals surface area contributed by atoms with E-state index < -0.39 is 0 Å². The van der Waals surface area contributed by atoms with Crippen molar-refractivity contribution in [3.63, 3.8) is 0 Å². The Morgan fingerprint density at radius 3 is 2.11 bits per heavy atom. The first kappa shape index (κ1) is 24.4. The number of carbonyl (C=O) groups is 1. The fraction of sp³-hybridized carbons (Fsp3) is 0.290. The van der Waals surface area contributed by atoms with Gasteiger partial charge in [0.1, 0.15) is 0 Å². The third-order valence-electron chi connectivity index (χ3n) is 7.07. The van der Waals surface area contributed by atoms with E-state index in [0.717, 1.165) is 54.3 Å². The maximum absolute atomic E-state index is 13.4. The molecule has 0 bridgehead atoms. The summed E-state index contributed by atoms with van der Waals surface area (Å²) in [7, 11) is 1.92. The van der Waals surface area contributed by atoms with Gasteiger partial charge in [-0.2, -0.15) is 0 Å². The summed E-state index contributed by atoms with van der Waals surface area (Å²) in [6, 6.07) is 31.1. The second-order valence-electron chi connectivity index (χ2n) is 9.65. The summed E-state index contributed by atoms with van der Waals surface area (Å²) in [5, 5.41) is 0.563. The van der Waals surface area contributed by atoms with Crippen LogP contribution >= 0.6 is 11.3 Å². The Morgan fingerprint density at radius 2 is 1.47 bits per heavy atom. The third-order valence-corrected chi connectivity index (χ3v) is 8.16. The molecule has 2 heterocycles. The van der Waals surface area contributed by atoms with Crippen molar-refractivity contribution < 1.29 is 4.79 Å². The second-order valence-corrected chi connectivity index (χ2v) is 10.6. The molecule has 4 nitrogen and oxygen atoms in total. The standard InChI is InChI=1S/C31H33N3OS/c1-33(20-17-24-18-21-34(22-19-24)23-25-11-5-2-6-12-25)31(35)30-32-28(26-13-7-3-8-14-26)29(36-30)27-15-9-4-10-16-27/h2-16,24H,17-23H2,1H3. The van der Waals surface area contributed by atoms with Crippen molar-refractivity contribution in [2.24, 2.45) is 5.92 Å². The third kappa shape index (κ3) is 5.92. The van der Waals surface area contributed by atoms with Gasteiger partial charge in [-0.1, -0.05) is 91.0 Å². The highest BCUT2D eigenvalue weighted by Crippen LogP contribution is 2.37. The quantitative estimate of drug-likeness (QED) is 0.268. The summed E-state index contributed by atoms with van der Waals surface area (Å²) in [4.78, 5) is 23.7. The Bertz CT molecular complexity index is 1190. The van der Waals surface area contributed by atoms with Crippen LogP contribution in [0.4, 0.5) is 0 Å². The van der Waals surface area contributed by atoms with Crippen molar-refractivity contribution >= 4 is 17.2 Å². The number of hydrogen-bond donors (Lipinski definition) is 0. The largest absolute Gasteiger partial charge is 0.340 e. The Kier molecular flexibility index (Phi) is 7.89. The van der Waals surface area contributed by atoms with Crippen molar-refractivity contribution in [3.05, 3.63) is 102 Å². The molecule has 1 fully saturated rings. The van der Waals surface area contributed by atoms with Crippen LogP contribution in [0.5, 0.6) is 0 Å². The van der Waals surface area contributed by atoms with Crippen molar-refractivity contribution in [1.29, 1.82) is 0 Å².